The normalized spacial score (nSPS) is 9.82. The molecule has 0 aromatic heterocycles. The SMILES string of the molecule is C=C(CNc1ccc(F)c(Br)c1)C(=O)OCC. The van der Waals surface area contributed by atoms with Crippen LogP contribution < -0.4 is 5.32 Å². The molecular weight excluding hydrogens is 289 g/mol. The Hall–Kier alpha value is -1.36. The first-order valence-corrected chi connectivity index (χ1v) is 5.87. The highest BCUT2D eigenvalue weighted by atomic mass is 79.9. The summed E-state index contributed by atoms with van der Waals surface area (Å²) in [6, 6.07) is 4.51. The van der Waals surface area contributed by atoms with Gasteiger partial charge >= 0.3 is 5.97 Å². The van der Waals surface area contributed by atoms with Crippen LogP contribution in [0.2, 0.25) is 0 Å². The van der Waals surface area contributed by atoms with Crippen LogP contribution in [0.5, 0.6) is 0 Å². The van der Waals surface area contributed by atoms with Crippen LogP contribution >= 0.6 is 15.9 Å². The van der Waals surface area contributed by atoms with Crippen molar-refractivity contribution in [2.75, 3.05) is 18.5 Å². The Kier molecular flexibility index (Phi) is 5.15. The molecule has 5 heteroatoms. The predicted molar refractivity (Wildman–Crippen MR) is 68.4 cm³/mol. The largest absolute Gasteiger partial charge is 0.463 e. The zero-order chi connectivity index (χ0) is 12.8. The fourth-order valence-electron chi connectivity index (χ4n) is 1.12. The standard InChI is InChI=1S/C12H13BrFNO2/c1-3-17-12(16)8(2)7-15-9-4-5-11(14)10(13)6-9/h4-6,15H,2-3,7H2,1H3. The lowest BCUT2D eigenvalue weighted by atomic mass is 10.2. The van der Waals surface area contributed by atoms with Crippen molar-refractivity contribution in [2.24, 2.45) is 0 Å². The number of hydrogen-bond acceptors (Lipinski definition) is 3. The first-order chi connectivity index (χ1) is 8.04. The second-order valence-electron chi connectivity index (χ2n) is 3.31. The fourth-order valence-corrected chi connectivity index (χ4v) is 1.50. The molecule has 0 unspecified atom stereocenters. The van der Waals surface area contributed by atoms with Gasteiger partial charge in [0.25, 0.3) is 0 Å². The van der Waals surface area contributed by atoms with Gasteiger partial charge in [0.2, 0.25) is 0 Å². The van der Waals surface area contributed by atoms with Crippen molar-refractivity contribution < 1.29 is 13.9 Å². The molecule has 0 aliphatic rings. The third kappa shape index (κ3) is 4.19. The van der Waals surface area contributed by atoms with Crippen LogP contribution in [0.25, 0.3) is 0 Å². The van der Waals surface area contributed by atoms with E-state index in [0.29, 0.717) is 22.3 Å². The summed E-state index contributed by atoms with van der Waals surface area (Å²) in [5.41, 5.74) is 1.02. The van der Waals surface area contributed by atoms with Crippen molar-refractivity contribution in [3.8, 4) is 0 Å². The van der Waals surface area contributed by atoms with Crippen LogP contribution in [0.3, 0.4) is 0 Å². The maximum atomic E-state index is 13.0. The maximum Gasteiger partial charge on any atom is 0.335 e. The molecule has 1 aromatic carbocycles. The molecule has 0 saturated carbocycles. The van der Waals surface area contributed by atoms with Crippen molar-refractivity contribution in [1.29, 1.82) is 0 Å². The summed E-state index contributed by atoms with van der Waals surface area (Å²) in [5, 5.41) is 2.95. The first-order valence-electron chi connectivity index (χ1n) is 5.08. The zero-order valence-corrected chi connectivity index (χ0v) is 11.0. The number of carbonyl (C=O) groups is 1. The third-order valence-corrected chi connectivity index (χ3v) is 2.60. The van der Waals surface area contributed by atoms with Gasteiger partial charge in [-0.3, -0.25) is 0 Å². The molecule has 0 amide bonds. The number of hydrogen-bond donors (Lipinski definition) is 1. The van der Waals surface area contributed by atoms with Gasteiger partial charge in [0.15, 0.2) is 0 Å². The maximum absolute atomic E-state index is 13.0. The molecule has 0 aliphatic heterocycles. The Morgan fingerprint density at radius 3 is 2.88 bits per heavy atom. The van der Waals surface area contributed by atoms with E-state index in [0.717, 1.165) is 0 Å². The van der Waals surface area contributed by atoms with Crippen molar-refractivity contribution in [1.82, 2.24) is 0 Å². The van der Waals surface area contributed by atoms with E-state index in [-0.39, 0.29) is 12.4 Å². The highest BCUT2D eigenvalue weighted by molar-refractivity contribution is 9.10. The molecule has 3 nitrogen and oxygen atoms in total. The second-order valence-corrected chi connectivity index (χ2v) is 4.16. The van der Waals surface area contributed by atoms with E-state index in [2.05, 4.69) is 27.8 Å². The van der Waals surface area contributed by atoms with Crippen molar-refractivity contribution in [3.63, 3.8) is 0 Å². The molecule has 0 fully saturated rings. The predicted octanol–water partition coefficient (Wildman–Crippen LogP) is 3.12. The molecule has 0 spiro atoms. The topological polar surface area (TPSA) is 38.3 Å². The summed E-state index contributed by atoms with van der Waals surface area (Å²) >= 11 is 3.08. The second kappa shape index (κ2) is 6.39. The molecule has 17 heavy (non-hydrogen) atoms. The van der Waals surface area contributed by atoms with Gasteiger partial charge in [0.1, 0.15) is 5.82 Å². The van der Waals surface area contributed by atoms with E-state index in [1.165, 1.54) is 6.07 Å². The van der Waals surface area contributed by atoms with E-state index in [9.17, 15) is 9.18 Å². The first kappa shape index (κ1) is 13.7. The van der Waals surface area contributed by atoms with E-state index >= 15 is 0 Å². The van der Waals surface area contributed by atoms with Crippen LogP contribution in [0.1, 0.15) is 6.92 Å². The summed E-state index contributed by atoms with van der Waals surface area (Å²) in [6.07, 6.45) is 0. The Bertz CT molecular complexity index is 435. The monoisotopic (exact) mass is 301 g/mol. The molecule has 0 bridgehead atoms. The number of esters is 1. The minimum absolute atomic E-state index is 0.261. The smallest absolute Gasteiger partial charge is 0.335 e. The number of ether oxygens (including phenoxy) is 1. The Balaban J connectivity index is 2.53. The summed E-state index contributed by atoms with van der Waals surface area (Å²) in [6.45, 7) is 5.92. The van der Waals surface area contributed by atoms with E-state index in [1.54, 1.807) is 19.1 Å². The molecule has 1 N–H and O–H groups in total. The van der Waals surface area contributed by atoms with Gasteiger partial charge in [-0.2, -0.15) is 0 Å². The molecule has 0 saturated heterocycles. The Morgan fingerprint density at radius 2 is 2.29 bits per heavy atom. The van der Waals surface area contributed by atoms with Gasteiger partial charge < -0.3 is 10.1 Å². The lowest BCUT2D eigenvalue weighted by molar-refractivity contribution is -0.138. The van der Waals surface area contributed by atoms with Gasteiger partial charge in [-0.05, 0) is 41.1 Å². The number of benzene rings is 1. The van der Waals surface area contributed by atoms with Gasteiger partial charge in [0.05, 0.1) is 11.1 Å². The minimum atomic E-state index is -0.429. The van der Waals surface area contributed by atoms with Crippen molar-refractivity contribution in [3.05, 3.63) is 40.6 Å². The van der Waals surface area contributed by atoms with E-state index in [4.69, 9.17) is 4.74 Å². The summed E-state index contributed by atoms with van der Waals surface area (Å²) < 4.78 is 18.1. The van der Waals surface area contributed by atoms with Crippen molar-refractivity contribution in [2.45, 2.75) is 6.92 Å². The zero-order valence-electron chi connectivity index (χ0n) is 9.43. The van der Waals surface area contributed by atoms with Crippen LogP contribution in [0.15, 0.2) is 34.8 Å². The van der Waals surface area contributed by atoms with Crippen LogP contribution in [0, 0.1) is 5.82 Å². The average molecular weight is 302 g/mol. The molecule has 0 atom stereocenters. The summed E-state index contributed by atoms with van der Waals surface area (Å²) in [5.74, 6) is -0.763. The van der Waals surface area contributed by atoms with Crippen LogP contribution in [-0.2, 0) is 9.53 Å². The Labute approximate surface area is 108 Å². The van der Waals surface area contributed by atoms with Gasteiger partial charge in [-0.25, -0.2) is 9.18 Å². The van der Waals surface area contributed by atoms with Crippen LogP contribution in [-0.4, -0.2) is 19.1 Å². The molecule has 0 aliphatic carbocycles. The quantitative estimate of drug-likeness (QED) is 0.671. The molecule has 1 aromatic rings. The number of anilines is 1. The van der Waals surface area contributed by atoms with E-state index in [1.807, 2.05) is 0 Å². The number of nitrogens with one attached hydrogen (secondary N) is 1. The fraction of sp³-hybridized carbons (Fsp3) is 0.250. The molecule has 0 radical (unpaired) electrons. The van der Waals surface area contributed by atoms with Gasteiger partial charge in [0, 0.05) is 17.8 Å². The van der Waals surface area contributed by atoms with Crippen molar-refractivity contribution >= 4 is 27.6 Å². The summed E-state index contributed by atoms with van der Waals surface area (Å²) in [4.78, 5) is 11.3. The highest BCUT2D eigenvalue weighted by Crippen LogP contribution is 2.20. The third-order valence-electron chi connectivity index (χ3n) is 1.99. The number of halogens is 2. The van der Waals surface area contributed by atoms with Crippen LogP contribution in [0.4, 0.5) is 10.1 Å². The minimum Gasteiger partial charge on any atom is -0.463 e. The summed E-state index contributed by atoms with van der Waals surface area (Å²) in [7, 11) is 0. The van der Waals surface area contributed by atoms with E-state index < -0.39 is 5.97 Å². The van der Waals surface area contributed by atoms with Gasteiger partial charge in [-0.1, -0.05) is 6.58 Å². The number of rotatable bonds is 5. The average Bonchev–Trinajstić information content (AvgIpc) is 2.30. The van der Waals surface area contributed by atoms with Gasteiger partial charge in [-0.15, -0.1) is 0 Å². The molecule has 0 heterocycles. The highest BCUT2D eigenvalue weighted by Gasteiger charge is 2.07. The molecular formula is C12H13BrFNO2. The lowest BCUT2D eigenvalue weighted by Gasteiger charge is -2.08. The Morgan fingerprint density at radius 1 is 1.59 bits per heavy atom. The molecule has 1 rings (SSSR count). The lowest BCUT2D eigenvalue weighted by Crippen LogP contribution is -2.14. The number of carbonyl (C=O) groups excluding carboxylic acids is 1. The molecule has 92 valence electrons.